The van der Waals surface area contributed by atoms with E-state index in [-0.39, 0.29) is 81.4 Å². The van der Waals surface area contributed by atoms with Crippen LogP contribution in [0.15, 0.2) is 0 Å². The molecule has 0 rings (SSSR count). The number of rotatable bonds is 0. The number of hydrogen-bond donors (Lipinski definition) is 3. The van der Waals surface area contributed by atoms with Crippen molar-refractivity contribution in [3.63, 3.8) is 0 Å². The van der Waals surface area contributed by atoms with Gasteiger partial charge in [-0.05, 0) is 0 Å². The summed E-state index contributed by atoms with van der Waals surface area (Å²) in [7, 11) is -4.64. The average molecular weight is 239 g/mol. The molecule has 0 bridgehead atoms. The van der Waals surface area contributed by atoms with Gasteiger partial charge in [-0.3, -0.25) is 0 Å². The van der Waals surface area contributed by atoms with Crippen molar-refractivity contribution in [1.82, 2.24) is 0 Å². The van der Waals surface area contributed by atoms with Crippen molar-refractivity contribution < 1.29 is 35.7 Å². The van der Waals surface area contributed by atoms with Crippen molar-refractivity contribution in [1.29, 1.82) is 0 Å². The third-order valence-corrected chi connectivity index (χ3v) is 0. The van der Waals surface area contributed by atoms with Crippen LogP contribution < -0.4 is 0 Å². The molecule has 9 N–H and O–H groups in total. The molecule has 0 saturated heterocycles. The maximum atomic E-state index is 8.88. The first kappa shape index (κ1) is 51.8. The van der Waals surface area contributed by atoms with Crippen molar-refractivity contribution >= 4 is 72.8 Å². The number of halogens is 1. The van der Waals surface area contributed by atoms with E-state index in [1.807, 2.05) is 0 Å². The van der Waals surface area contributed by atoms with E-state index in [4.69, 9.17) is 19.2 Å². The molecule has 0 aromatic rings. The van der Waals surface area contributed by atoms with Crippen LogP contribution in [0.2, 0.25) is 0 Å². The monoisotopic (exact) mass is 238 g/mol. The molecule has 7 nitrogen and oxygen atoms in total. The van der Waals surface area contributed by atoms with Crippen LogP contribution in [0.3, 0.4) is 0 Å². The Morgan fingerprint density at radius 2 is 0.909 bits per heavy atom. The van der Waals surface area contributed by atoms with Crippen LogP contribution in [-0.4, -0.2) is 83.7 Å². The number of phosphoric acid groups is 1. The van der Waals surface area contributed by atoms with Gasteiger partial charge in [-0.1, -0.05) is 0 Å². The van der Waals surface area contributed by atoms with Crippen LogP contribution in [0.25, 0.3) is 0 Å². The molecule has 0 aliphatic heterocycles. The molecule has 0 aromatic carbocycles. The molecule has 0 radical (unpaired) electrons. The second-order valence-electron chi connectivity index (χ2n) is 0.513. The molecule has 11 heavy (non-hydrogen) atoms. The molecule has 11 heteroatoms. The molecular formula is H13ClMgNaO7P. The first-order chi connectivity index (χ1) is 2.00. The number of hydrogen-bond acceptors (Lipinski definition) is 1. The van der Waals surface area contributed by atoms with Gasteiger partial charge in [-0.2, -0.15) is 0 Å². The Morgan fingerprint density at radius 3 is 0.909 bits per heavy atom. The molecule has 0 aromatic heterocycles. The van der Waals surface area contributed by atoms with E-state index >= 15 is 0 Å². The van der Waals surface area contributed by atoms with Gasteiger partial charge in [0.2, 0.25) is 0 Å². The Balaban J connectivity index is -0.00000000533. The summed E-state index contributed by atoms with van der Waals surface area (Å²) in [5.41, 5.74) is 0. The normalized spacial score (nSPS) is 5.36. The molecule has 70 valence electrons. The summed E-state index contributed by atoms with van der Waals surface area (Å²) in [6.45, 7) is 0. The zero-order valence-corrected chi connectivity index (χ0v) is 5.82. The predicted molar refractivity (Wildman–Crippen MR) is 48.0 cm³/mol. The molecule has 0 atom stereocenters. The standard InChI is InChI=1S/ClH.Mg.Na.H3O4P.3H2O.3H/c;;;1-5(2,3)4;;;;;;/h1H;;;(H3,1,2,3,4);3*1H2;;;. The van der Waals surface area contributed by atoms with Gasteiger partial charge >= 0.3 is 60.4 Å². The third kappa shape index (κ3) is 290. The van der Waals surface area contributed by atoms with Gasteiger partial charge in [0.1, 0.15) is 0 Å². The van der Waals surface area contributed by atoms with Crippen LogP contribution >= 0.6 is 20.2 Å². The summed E-state index contributed by atoms with van der Waals surface area (Å²) in [5, 5.41) is 0. The Hall–Kier alpha value is 2.05. The van der Waals surface area contributed by atoms with E-state index in [9.17, 15) is 0 Å². The first-order valence-corrected chi connectivity index (χ1v) is 2.35. The summed E-state index contributed by atoms with van der Waals surface area (Å²) in [6, 6.07) is 0. The molecular weight excluding hydrogens is 226 g/mol. The molecule has 0 aliphatic carbocycles. The van der Waals surface area contributed by atoms with Crippen molar-refractivity contribution in [2.45, 2.75) is 0 Å². The summed E-state index contributed by atoms with van der Waals surface area (Å²) in [6.07, 6.45) is 0. The minimum atomic E-state index is -4.64. The summed E-state index contributed by atoms with van der Waals surface area (Å²) >= 11 is 0. The van der Waals surface area contributed by atoms with E-state index in [1.165, 1.54) is 0 Å². The zero-order chi connectivity index (χ0) is 4.50. The van der Waals surface area contributed by atoms with Gasteiger partial charge in [0.15, 0.2) is 0 Å². The van der Waals surface area contributed by atoms with Gasteiger partial charge in [0.05, 0.1) is 0 Å². The van der Waals surface area contributed by atoms with Crippen LogP contribution in [0.4, 0.5) is 0 Å². The van der Waals surface area contributed by atoms with E-state index in [1.54, 1.807) is 0 Å². The van der Waals surface area contributed by atoms with Crippen molar-refractivity contribution in [3.05, 3.63) is 0 Å². The third-order valence-electron chi connectivity index (χ3n) is 0. The summed E-state index contributed by atoms with van der Waals surface area (Å²) < 4.78 is 8.88. The van der Waals surface area contributed by atoms with Gasteiger partial charge < -0.3 is 31.1 Å². The fourth-order valence-corrected chi connectivity index (χ4v) is 0. The second-order valence-corrected chi connectivity index (χ2v) is 1.54. The van der Waals surface area contributed by atoms with Gasteiger partial charge in [-0.25, -0.2) is 4.57 Å². The fourth-order valence-electron chi connectivity index (χ4n) is 0. The van der Waals surface area contributed by atoms with E-state index < -0.39 is 7.82 Å². The first-order valence-electron chi connectivity index (χ1n) is 0.783. The topological polar surface area (TPSA) is 172 Å². The quantitative estimate of drug-likeness (QED) is 0.285. The molecule has 0 spiro atoms. The Labute approximate surface area is 108 Å². The Morgan fingerprint density at radius 1 is 0.909 bits per heavy atom. The second kappa shape index (κ2) is 22.7. The zero-order valence-electron chi connectivity index (χ0n) is 4.11. The predicted octanol–water partition coefficient (Wildman–Crippen LogP) is -4.55. The fraction of sp³-hybridized carbons (Fsp3) is 0. The van der Waals surface area contributed by atoms with Crippen LogP contribution in [0.5, 0.6) is 0 Å². The van der Waals surface area contributed by atoms with E-state index in [2.05, 4.69) is 0 Å². The van der Waals surface area contributed by atoms with Gasteiger partial charge in [0, 0.05) is 0 Å². The molecule has 0 amide bonds. The average Bonchev–Trinajstić information content (AvgIpc) is 0.722. The Bertz CT molecular complexity index is 64.6. The minimum absolute atomic E-state index is 0. The molecule has 0 heterocycles. The summed E-state index contributed by atoms with van der Waals surface area (Å²) in [5.74, 6) is 0. The van der Waals surface area contributed by atoms with Crippen molar-refractivity contribution in [2.75, 3.05) is 0 Å². The Kier molecular flexibility index (Phi) is 107. The summed E-state index contributed by atoms with van der Waals surface area (Å²) in [4.78, 5) is 21.6. The molecule has 0 unspecified atom stereocenters. The van der Waals surface area contributed by atoms with E-state index in [0.717, 1.165) is 0 Å². The van der Waals surface area contributed by atoms with Crippen molar-refractivity contribution in [3.8, 4) is 0 Å². The van der Waals surface area contributed by atoms with Gasteiger partial charge in [-0.15, -0.1) is 12.4 Å². The van der Waals surface area contributed by atoms with E-state index in [0.29, 0.717) is 0 Å². The van der Waals surface area contributed by atoms with Crippen molar-refractivity contribution in [2.24, 2.45) is 0 Å². The van der Waals surface area contributed by atoms with Crippen LogP contribution in [-0.2, 0) is 4.57 Å². The van der Waals surface area contributed by atoms with Gasteiger partial charge in [0.25, 0.3) is 0 Å². The molecule has 0 saturated carbocycles. The van der Waals surface area contributed by atoms with Crippen LogP contribution in [0, 0.1) is 0 Å². The molecule has 0 fully saturated rings. The van der Waals surface area contributed by atoms with Crippen LogP contribution in [0.1, 0.15) is 0 Å². The molecule has 0 aliphatic rings. The SMILES string of the molecule is Cl.O.O.O.O=P(O)(O)O.[MgH2].[NaH]. The maximum absolute atomic E-state index is 8.88.